The van der Waals surface area contributed by atoms with E-state index in [1.807, 2.05) is 12.1 Å². The zero-order valence-corrected chi connectivity index (χ0v) is 18.0. The maximum absolute atomic E-state index is 13.1. The zero-order valence-electron chi connectivity index (χ0n) is 18.0. The van der Waals surface area contributed by atoms with Gasteiger partial charge < -0.3 is 28.6 Å². The molecule has 0 radical (unpaired) electrons. The van der Waals surface area contributed by atoms with Gasteiger partial charge in [-0.15, -0.1) is 0 Å². The second-order valence-electron chi connectivity index (χ2n) is 7.79. The monoisotopic (exact) mass is 447 g/mol. The number of aliphatic hydroxyl groups is 1. The van der Waals surface area contributed by atoms with E-state index in [1.54, 1.807) is 56.5 Å². The highest BCUT2D eigenvalue weighted by Crippen LogP contribution is 2.42. The van der Waals surface area contributed by atoms with Gasteiger partial charge in [0.2, 0.25) is 6.79 Å². The summed E-state index contributed by atoms with van der Waals surface area (Å²) < 4.78 is 21.7. The van der Waals surface area contributed by atoms with Crippen LogP contribution in [0, 0.1) is 6.92 Å². The largest absolute Gasteiger partial charge is 0.507 e. The van der Waals surface area contributed by atoms with Crippen molar-refractivity contribution in [1.29, 1.82) is 0 Å². The summed E-state index contributed by atoms with van der Waals surface area (Å²) in [5.41, 5.74) is 1.10. The molecule has 2 aliphatic heterocycles. The summed E-state index contributed by atoms with van der Waals surface area (Å²) in [5, 5.41) is 11.2. The molecule has 8 nitrogen and oxygen atoms in total. The molecule has 0 saturated carbocycles. The first-order valence-electron chi connectivity index (χ1n) is 10.3. The van der Waals surface area contributed by atoms with Gasteiger partial charge in [0.15, 0.2) is 11.5 Å². The number of aryl methyl sites for hydroxylation is 1. The van der Waals surface area contributed by atoms with Crippen LogP contribution in [-0.4, -0.2) is 35.6 Å². The normalized spacial score (nSPS) is 18.7. The number of amides is 1. The average Bonchev–Trinajstić information content (AvgIpc) is 3.53. The molecule has 5 rings (SSSR count). The number of Topliss-reactive ketones (excluding diaryl/α,β-unsaturated/α-hetero) is 1. The Morgan fingerprint density at radius 2 is 1.82 bits per heavy atom. The average molecular weight is 447 g/mol. The van der Waals surface area contributed by atoms with Gasteiger partial charge in [-0.25, -0.2) is 0 Å². The van der Waals surface area contributed by atoms with Crippen LogP contribution in [0.1, 0.15) is 28.7 Å². The quantitative estimate of drug-likeness (QED) is 0.359. The van der Waals surface area contributed by atoms with Crippen molar-refractivity contribution in [3.63, 3.8) is 0 Å². The Hall–Kier alpha value is -4.20. The number of carbonyl (C=O) groups excluding carboxylic acids is 2. The smallest absolute Gasteiger partial charge is 0.296 e. The van der Waals surface area contributed by atoms with Gasteiger partial charge in [-0.05, 0) is 55.0 Å². The van der Waals surface area contributed by atoms with Crippen molar-refractivity contribution in [1.82, 2.24) is 4.90 Å². The molecule has 1 atom stereocenters. The van der Waals surface area contributed by atoms with Gasteiger partial charge in [-0.3, -0.25) is 9.59 Å². The van der Waals surface area contributed by atoms with Gasteiger partial charge in [-0.1, -0.05) is 12.1 Å². The number of hydrogen-bond acceptors (Lipinski definition) is 7. The Kier molecular flexibility index (Phi) is 5.05. The fourth-order valence-corrected chi connectivity index (χ4v) is 4.07. The molecule has 8 heteroatoms. The first-order chi connectivity index (χ1) is 16.0. The van der Waals surface area contributed by atoms with Crippen LogP contribution >= 0.6 is 0 Å². The number of methoxy groups -OCH3 is 1. The van der Waals surface area contributed by atoms with Gasteiger partial charge in [-0.2, -0.15) is 0 Å². The van der Waals surface area contributed by atoms with Crippen LogP contribution in [0.25, 0.3) is 5.76 Å². The van der Waals surface area contributed by atoms with Crippen molar-refractivity contribution < 1.29 is 33.3 Å². The molecule has 1 fully saturated rings. The number of likely N-dealkylation sites (tertiary alicyclic amines) is 1. The van der Waals surface area contributed by atoms with Gasteiger partial charge in [0.1, 0.15) is 29.1 Å². The molecule has 1 amide bonds. The van der Waals surface area contributed by atoms with Gasteiger partial charge in [0.05, 0.1) is 12.7 Å². The van der Waals surface area contributed by atoms with Crippen LogP contribution in [0.4, 0.5) is 0 Å². The molecule has 3 heterocycles. The van der Waals surface area contributed by atoms with E-state index in [4.69, 9.17) is 18.6 Å². The highest BCUT2D eigenvalue weighted by molar-refractivity contribution is 6.46. The molecular formula is C25H21NO7. The predicted molar refractivity (Wildman–Crippen MR) is 117 cm³/mol. The number of furan rings is 1. The minimum Gasteiger partial charge on any atom is -0.507 e. The summed E-state index contributed by atoms with van der Waals surface area (Å²) in [6.45, 7) is 2.01. The van der Waals surface area contributed by atoms with Crippen LogP contribution in [-0.2, 0) is 16.1 Å². The summed E-state index contributed by atoms with van der Waals surface area (Å²) in [6, 6.07) is 14.6. The molecule has 33 heavy (non-hydrogen) atoms. The maximum atomic E-state index is 13.1. The number of aliphatic hydroxyl groups excluding tert-OH is 1. The molecular weight excluding hydrogens is 426 g/mol. The zero-order chi connectivity index (χ0) is 23.1. The molecule has 2 aromatic carbocycles. The molecule has 3 aromatic rings. The minimum atomic E-state index is -0.883. The third-order valence-electron chi connectivity index (χ3n) is 5.73. The third-order valence-corrected chi connectivity index (χ3v) is 5.73. The van der Waals surface area contributed by atoms with Crippen molar-refractivity contribution >= 4 is 17.4 Å². The molecule has 0 bridgehead atoms. The van der Waals surface area contributed by atoms with Gasteiger partial charge >= 0.3 is 0 Å². The Labute approximate surface area is 189 Å². The molecule has 0 aliphatic carbocycles. The van der Waals surface area contributed by atoms with Crippen LogP contribution in [0.5, 0.6) is 17.2 Å². The molecule has 2 aliphatic rings. The fraction of sp³-hybridized carbons (Fsp3) is 0.200. The van der Waals surface area contributed by atoms with E-state index >= 15 is 0 Å². The summed E-state index contributed by atoms with van der Waals surface area (Å²) in [5.74, 6) is 0.905. The predicted octanol–water partition coefficient (Wildman–Crippen LogP) is 3.95. The Balaban J connectivity index is 1.59. The van der Waals surface area contributed by atoms with E-state index in [1.165, 1.54) is 4.90 Å². The number of fused-ring (bicyclic) bond motifs is 1. The topological polar surface area (TPSA) is 98.4 Å². The Morgan fingerprint density at radius 1 is 1.06 bits per heavy atom. The number of hydrogen-bond donors (Lipinski definition) is 1. The van der Waals surface area contributed by atoms with Crippen LogP contribution < -0.4 is 14.2 Å². The highest BCUT2D eigenvalue weighted by Gasteiger charge is 2.47. The highest BCUT2D eigenvalue weighted by atomic mass is 16.7. The summed E-state index contributed by atoms with van der Waals surface area (Å²) in [7, 11) is 1.57. The third kappa shape index (κ3) is 3.59. The van der Waals surface area contributed by atoms with Gasteiger partial charge in [0.25, 0.3) is 11.7 Å². The minimum absolute atomic E-state index is 0.0401. The number of ether oxygens (including phenoxy) is 3. The molecule has 1 unspecified atom stereocenters. The molecule has 1 N–H and O–H groups in total. The summed E-state index contributed by atoms with van der Waals surface area (Å²) in [6.07, 6.45) is 0. The Bertz CT molecular complexity index is 1270. The summed E-state index contributed by atoms with van der Waals surface area (Å²) in [4.78, 5) is 27.6. The number of benzene rings is 2. The number of rotatable bonds is 5. The standard InChI is InChI=1S/C25H21NO7/c1-14-3-9-19(33-14)22-21(23(27)16-6-10-18-20(11-16)32-13-31-18)24(28)25(29)26(22)12-15-4-7-17(30-2)8-5-15/h3-11,22,27H,12-13H2,1-2H3/b23-21-. The van der Waals surface area contributed by atoms with Crippen LogP contribution in [0.15, 0.2) is 64.6 Å². The Morgan fingerprint density at radius 3 is 2.52 bits per heavy atom. The van der Waals surface area contributed by atoms with Crippen molar-refractivity contribution in [2.24, 2.45) is 0 Å². The van der Waals surface area contributed by atoms with E-state index in [9.17, 15) is 14.7 Å². The first-order valence-corrected chi connectivity index (χ1v) is 10.3. The lowest BCUT2D eigenvalue weighted by Gasteiger charge is -2.23. The summed E-state index contributed by atoms with van der Waals surface area (Å²) >= 11 is 0. The molecule has 1 aromatic heterocycles. The first kappa shape index (κ1) is 20.7. The van der Waals surface area contributed by atoms with Crippen molar-refractivity contribution in [2.45, 2.75) is 19.5 Å². The lowest BCUT2D eigenvalue weighted by molar-refractivity contribution is -0.140. The van der Waals surface area contributed by atoms with E-state index in [0.29, 0.717) is 34.3 Å². The number of nitrogens with zero attached hydrogens (tertiary/aromatic N) is 1. The number of ketones is 1. The van der Waals surface area contributed by atoms with Crippen LogP contribution in [0.3, 0.4) is 0 Å². The van der Waals surface area contributed by atoms with Crippen molar-refractivity contribution in [3.05, 3.63) is 82.8 Å². The van der Waals surface area contributed by atoms with E-state index in [0.717, 1.165) is 5.56 Å². The van der Waals surface area contributed by atoms with E-state index in [-0.39, 0.29) is 24.7 Å². The van der Waals surface area contributed by atoms with E-state index < -0.39 is 17.7 Å². The molecule has 168 valence electrons. The van der Waals surface area contributed by atoms with E-state index in [2.05, 4.69) is 0 Å². The second-order valence-corrected chi connectivity index (χ2v) is 7.79. The van der Waals surface area contributed by atoms with Crippen LogP contribution in [0.2, 0.25) is 0 Å². The maximum Gasteiger partial charge on any atom is 0.296 e. The second kappa shape index (κ2) is 8.05. The lowest BCUT2D eigenvalue weighted by atomic mass is 9.99. The SMILES string of the molecule is COc1ccc(CN2C(=O)C(=O)/C(=C(\O)c3ccc4c(c3)OCO4)C2c2ccc(C)o2)cc1. The number of carbonyl (C=O) groups is 2. The lowest BCUT2D eigenvalue weighted by Crippen LogP contribution is -2.29. The molecule has 1 saturated heterocycles. The van der Waals surface area contributed by atoms with Gasteiger partial charge in [0, 0.05) is 12.1 Å². The fourth-order valence-electron chi connectivity index (χ4n) is 4.07. The van der Waals surface area contributed by atoms with Crippen molar-refractivity contribution in [3.8, 4) is 17.2 Å². The molecule has 0 spiro atoms. The van der Waals surface area contributed by atoms with Crippen molar-refractivity contribution in [2.75, 3.05) is 13.9 Å².